The first-order chi connectivity index (χ1) is 6.22. The van der Waals surface area contributed by atoms with Crippen LogP contribution in [0.5, 0.6) is 0 Å². The van der Waals surface area contributed by atoms with E-state index in [1.54, 1.807) is 19.4 Å². The summed E-state index contributed by atoms with van der Waals surface area (Å²) in [7, 11) is 1.68. The van der Waals surface area contributed by atoms with Gasteiger partial charge in [-0.25, -0.2) is 4.98 Å². The molecule has 4 nitrogen and oxygen atoms in total. The van der Waals surface area contributed by atoms with Crippen LogP contribution in [-0.2, 0) is 4.74 Å². The van der Waals surface area contributed by atoms with E-state index in [2.05, 4.69) is 10.3 Å². The Labute approximate surface area is 78.1 Å². The molecule has 0 aromatic carbocycles. The zero-order chi connectivity index (χ0) is 9.68. The van der Waals surface area contributed by atoms with E-state index >= 15 is 0 Å². The van der Waals surface area contributed by atoms with Crippen LogP contribution >= 0.6 is 0 Å². The predicted molar refractivity (Wildman–Crippen MR) is 53.6 cm³/mol. The maximum absolute atomic E-state index is 5.45. The second-order valence-corrected chi connectivity index (χ2v) is 2.97. The van der Waals surface area contributed by atoms with Crippen molar-refractivity contribution in [1.29, 1.82) is 0 Å². The molecular weight excluding hydrogens is 166 g/mol. The third kappa shape index (κ3) is 3.29. The van der Waals surface area contributed by atoms with Gasteiger partial charge in [-0.15, -0.1) is 0 Å². The maximum atomic E-state index is 5.45. The lowest BCUT2D eigenvalue weighted by molar-refractivity contribution is 0.190. The Morgan fingerprint density at radius 3 is 2.92 bits per heavy atom. The van der Waals surface area contributed by atoms with Gasteiger partial charge >= 0.3 is 0 Å². The number of aromatic nitrogens is 1. The summed E-state index contributed by atoms with van der Waals surface area (Å²) >= 11 is 0. The number of hydrogen-bond acceptors (Lipinski definition) is 4. The highest BCUT2D eigenvalue weighted by molar-refractivity contribution is 5.45. The van der Waals surface area contributed by atoms with Gasteiger partial charge in [-0.1, -0.05) is 0 Å². The van der Waals surface area contributed by atoms with E-state index in [4.69, 9.17) is 10.5 Å². The van der Waals surface area contributed by atoms with Crippen LogP contribution in [0.3, 0.4) is 0 Å². The molecule has 1 aromatic heterocycles. The van der Waals surface area contributed by atoms with E-state index in [9.17, 15) is 0 Å². The summed E-state index contributed by atoms with van der Waals surface area (Å²) in [5.74, 6) is 0.532. The van der Waals surface area contributed by atoms with Crippen molar-refractivity contribution in [2.24, 2.45) is 0 Å². The standard InChI is InChI=1S/C9H15N3O/c1-7(6-13-2)12-8-3-4-9(10)11-5-8/h3-5,7,12H,6H2,1-2H3,(H2,10,11). The van der Waals surface area contributed by atoms with E-state index in [0.717, 1.165) is 5.69 Å². The Kier molecular flexibility index (Phi) is 3.52. The van der Waals surface area contributed by atoms with Crippen molar-refractivity contribution < 1.29 is 4.74 Å². The number of hydrogen-bond donors (Lipinski definition) is 2. The topological polar surface area (TPSA) is 60.2 Å². The van der Waals surface area contributed by atoms with E-state index in [1.165, 1.54) is 0 Å². The van der Waals surface area contributed by atoms with Crippen molar-refractivity contribution in [1.82, 2.24) is 4.98 Å². The first-order valence-corrected chi connectivity index (χ1v) is 4.19. The molecule has 13 heavy (non-hydrogen) atoms. The van der Waals surface area contributed by atoms with Crippen molar-refractivity contribution >= 4 is 11.5 Å². The molecule has 0 amide bonds. The number of methoxy groups -OCH3 is 1. The Morgan fingerprint density at radius 1 is 1.62 bits per heavy atom. The third-order valence-electron chi connectivity index (χ3n) is 1.62. The van der Waals surface area contributed by atoms with E-state index in [1.807, 2.05) is 13.0 Å². The number of nitrogens with two attached hydrogens (primary N) is 1. The molecule has 0 fully saturated rings. The van der Waals surface area contributed by atoms with E-state index in [-0.39, 0.29) is 6.04 Å². The van der Waals surface area contributed by atoms with Gasteiger partial charge in [0, 0.05) is 13.2 Å². The number of nitrogen functional groups attached to an aromatic ring is 1. The summed E-state index contributed by atoms with van der Waals surface area (Å²) in [5.41, 5.74) is 6.41. The van der Waals surface area contributed by atoms with Crippen LogP contribution in [-0.4, -0.2) is 24.7 Å². The molecule has 0 bridgehead atoms. The van der Waals surface area contributed by atoms with Crippen LogP contribution in [0.4, 0.5) is 11.5 Å². The average Bonchev–Trinajstić information content (AvgIpc) is 2.09. The van der Waals surface area contributed by atoms with Crippen molar-refractivity contribution in [3.05, 3.63) is 18.3 Å². The lowest BCUT2D eigenvalue weighted by Gasteiger charge is -2.13. The van der Waals surface area contributed by atoms with Gasteiger partial charge in [-0.05, 0) is 19.1 Å². The molecule has 0 saturated heterocycles. The summed E-state index contributed by atoms with van der Waals surface area (Å²) in [4.78, 5) is 3.97. The number of anilines is 2. The highest BCUT2D eigenvalue weighted by atomic mass is 16.5. The van der Waals surface area contributed by atoms with Gasteiger partial charge in [-0.2, -0.15) is 0 Å². The molecule has 1 rings (SSSR count). The normalized spacial score (nSPS) is 12.5. The molecule has 1 unspecified atom stereocenters. The monoisotopic (exact) mass is 181 g/mol. The molecule has 0 spiro atoms. The second kappa shape index (κ2) is 4.67. The summed E-state index contributed by atoms with van der Waals surface area (Å²) in [6, 6.07) is 3.94. The number of pyridine rings is 1. The number of rotatable bonds is 4. The minimum Gasteiger partial charge on any atom is -0.384 e. The molecule has 0 aliphatic heterocycles. The van der Waals surface area contributed by atoms with Crippen LogP contribution < -0.4 is 11.1 Å². The molecule has 4 heteroatoms. The fraction of sp³-hybridized carbons (Fsp3) is 0.444. The maximum Gasteiger partial charge on any atom is 0.123 e. The molecule has 3 N–H and O–H groups in total. The highest BCUT2D eigenvalue weighted by Crippen LogP contribution is 2.08. The van der Waals surface area contributed by atoms with E-state index in [0.29, 0.717) is 12.4 Å². The number of nitrogens with one attached hydrogen (secondary N) is 1. The van der Waals surface area contributed by atoms with Gasteiger partial charge in [-0.3, -0.25) is 0 Å². The first kappa shape index (κ1) is 9.80. The highest BCUT2D eigenvalue weighted by Gasteiger charge is 2.00. The smallest absolute Gasteiger partial charge is 0.123 e. The van der Waals surface area contributed by atoms with E-state index < -0.39 is 0 Å². The largest absolute Gasteiger partial charge is 0.384 e. The minimum absolute atomic E-state index is 0.274. The minimum atomic E-state index is 0.274. The van der Waals surface area contributed by atoms with Crippen molar-refractivity contribution in [3.8, 4) is 0 Å². The zero-order valence-corrected chi connectivity index (χ0v) is 7.95. The van der Waals surface area contributed by atoms with Crippen molar-refractivity contribution in [3.63, 3.8) is 0 Å². The number of nitrogens with zero attached hydrogens (tertiary/aromatic N) is 1. The van der Waals surface area contributed by atoms with Gasteiger partial charge in [0.05, 0.1) is 18.5 Å². The van der Waals surface area contributed by atoms with Crippen LogP contribution in [0.1, 0.15) is 6.92 Å². The van der Waals surface area contributed by atoms with Crippen LogP contribution in [0.2, 0.25) is 0 Å². The molecule has 0 aliphatic carbocycles. The van der Waals surface area contributed by atoms with Gasteiger partial charge in [0.2, 0.25) is 0 Å². The van der Waals surface area contributed by atoms with Crippen LogP contribution in [0, 0.1) is 0 Å². The van der Waals surface area contributed by atoms with Gasteiger partial charge in [0.25, 0.3) is 0 Å². The number of ether oxygens (including phenoxy) is 1. The summed E-state index contributed by atoms with van der Waals surface area (Å²) in [5, 5.41) is 3.23. The molecule has 1 heterocycles. The van der Waals surface area contributed by atoms with Gasteiger partial charge in [0.1, 0.15) is 5.82 Å². The molecule has 0 aliphatic rings. The predicted octanol–water partition coefficient (Wildman–Crippen LogP) is 1.11. The fourth-order valence-corrected chi connectivity index (χ4v) is 1.07. The average molecular weight is 181 g/mol. The fourth-order valence-electron chi connectivity index (χ4n) is 1.07. The Bertz CT molecular complexity index is 248. The quantitative estimate of drug-likeness (QED) is 0.730. The third-order valence-corrected chi connectivity index (χ3v) is 1.62. The lowest BCUT2D eigenvalue weighted by atomic mass is 10.3. The molecule has 72 valence electrons. The molecule has 1 aromatic rings. The first-order valence-electron chi connectivity index (χ1n) is 4.19. The Morgan fingerprint density at radius 2 is 2.38 bits per heavy atom. The van der Waals surface area contributed by atoms with Crippen molar-refractivity contribution in [2.45, 2.75) is 13.0 Å². The summed E-state index contributed by atoms with van der Waals surface area (Å²) in [6.07, 6.45) is 1.71. The summed E-state index contributed by atoms with van der Waals surface area (Å²) < 4.78 is 4.99. The Balaban J connectivity index is 2.49. The molecule has 0 saturated carbocycles. The lowest BCUT2D eigenvalue weighted by Crippen LogP contribution is -2.20. The molecular formula is C9H15N3O. The molecule has 1 atom stereocenters. The SMILES string of the molecule is COCC(C)Nc1ccc(N)nc1. The Hall–Kier alpha value is -1.29. The van der Waals surface area contributed by atoms with Crippen molar-refractivity contribution in [2.75, 3.05) is 24.8 Å². The second-order valence-electron chi connectivity index (χ2n) is 2.97. The van der Waals surface area contributed by atoms with Gasteiger partial charge in [0.15, 0.2) is 0 Å². The van der Waals surface area contributed by atoms with Crippen LogP contribution in [0.15, 0.2) is 18.3 Å². The van der Waals surface area contributed by atoms with Crippen LogP contribution in [0.25, 0.3) is 0 Å². The molecule has 0 radical (unpaired) electrons. The summed E-state index contributed by atoms with van der Waals surface area (Å²) in [6.45, 7) is 2.71. The zero-order valence-electron chi connectivity index (χ0n) is 7.95. The van der Waals surface area contributed by atoms with Gasteiger partial charge < -0.3 is 15.8 Å².